The van der Waals surface area contributed by atoms with Crippen molar-refractivity contribution in [1.29, 1.82) is 0 Å². The third-order valence-electron chi connectivity index (χ3n) is 3.41. The van der Waals surface area contributed by atoms with Crippen LogP contribution in [0.3, 0.4) is 0 Å². The molecule has 0 spiro atoms. The highest BCUT2D eigenvalue weighted by molar-refractivity contribution is 7.90. The van der Waals surface area contributed by atoms with Gasteiger partial charge in [-0.2, -0.15) is 0 Å². The minimum Gasteiger partial charge on any atom is -0.357 e. The fraction of sp³-hybridized carbons (Fsp3) is 0.533. The lowest BCUT2D eigenvalue weighted by Crippen LogP contribution is -2.42. The van der Waals surface area contributed by atoms with Crippen LogP contribution in [-0.2, 0) is 16.4 Å². The van der Waals surface area contributed by atoms with E-state index in [2.05, 4.69) is 25.8 Å². The minimum absolute atomic E-state index is 0.00679. The number of nitrogens with zero attached hydrogens (tertiary/aromatic N) is 4. The Hall–Kier alpha value is -2.16. The molecular weight excluding hydrogens is 328 g/mol. The van der Waals surface area contributed by atoms with Crippen molar-refractivity contribution in [2.45, 2.75) is 32.9 Å². The summed E-state index contributed by atoms with van der Waals surface area (Å²) in [5.74, 6) is 1.52. The van der Waals surface area contributed by atoms with Gasteiger partial charge in [0.2, 0.25) is 0 Å². The van der Waals surface area contributed by atoms with Gasteiger partial charge in [-0.1, -0.05) is 6.07 Å². The van der Waals surface area contributed by atoms with Gasteiger partial charge >= 0.3 is 0 Å². The molecule has 0 radical (unpaired) electrons. The van der Waals surface area contributed by atoms with Gasteiger partial charge in [0.15, 0.2) is 17.4 Å². The van der Waals surface area contributed by atoms with Gasteiger partial charge in [0.25, 0.3) is 0 Å². The van der Waals surface area contributed by atoms with E-state index in [1.165, 1.54) is 6.26 Å². The Kier molecular flexibility index (Phi) is 6.13. The van der Waals surface area contributed by atoms with Crippen molar-refractivity contribution in [3.8, 4) is 0 Å². The lowest BCUT2D eigenvalue weighted by atomic mass is 10.3. The van der Waals surface area contributed by atoms with Crippen molar-refractivity contribution < 1.29 is 8.42 Å². The molecule has 1 unspecified atom stereocenters. The van der Waals surface area contributed by atoms with E-state index in [-0.39, 0.29) is 11.8 Å². The molecule has 2 rings (SSSR count). The fourth-order valence-electron chi connectivity index (χ4n) is 2.16. The Labute approximate surface area is 142 Å². The Bertz CT molecular complexity index is 799. The van der Waals surface area contributed by atoms with E-state index in [1.807, 2.05) is 42.6 Å². The molecule has 0 saturated carbocycles. The summed E-state index contributed by atoms with van der Waals surface area (Å²) in [5.41, 5.74) is 0.780. The van der Waals surface area contributed by atoms with Gasteiger partial charge in [0, 0.05) is 25.0 Å². The highest BCUT2D eigenvalue weighted by Crippen LogP contribution is 2.04. The number of aromatic nitrogens is 3. The minimum atomic E-state index is -2.96. The van der Waals surface area contributed by atoms with Crippen LogP contribution in [0.5, 0.6) is 0 Å². The van der Waals surface area contributed by atoms with E-state index in [9.17, 15) is 8.42 Å². The van der Waals surface area contributed by atoms with E-state index in [0.29, 0.717) is 25.5 Å². The molecule has 2 aromatic rings. The van der Waals surface area contributed by atoms with Crippen LogP contribution in [-0.4, -0.2) is 53.6 Å². The summed E-state index contributed by atoms with van der Waals surface area (Å²) in [6.45, 7) is 5.00. The number of fused-ring (bicyclic) bond motifs is 1. The molecule has 2 N–H and O–H groups in total. The van der Waals surface area contributed by atoms with Gasteiger partial charge in [-0.25, -0.2) is 13.4 Å². The Morgan fingerprint density at radius 1 is 1.38 bits per heavy atom. The standard InChI is InChI=1S/C15H24N6O2S/c1-4-16-15(18-12(2)8-10-24(3,22)23)17-11-14-20-19-13-7-5-6-9-21(13)14/h5-7,9,12H,4,8,10-11H2,1-3H3,(H2,16,17,18). The number of sulfone groups is 1. The van der Waals surface area contributed by atoms with Crippen LogP contribution in [0, 0.1) is 0 Å². The first-order chi connectivity index (χ1) is 11.4. The second kappa shape index (κ2) is 8.09. The van der Waals surface area contributed by atoms with Crippen LogP contribution < -0.4 is 10.6 Å². The van der Waals surface area contributed by atoms with E-state index in [0.717, 1.165) is 11.5 Å². The quantitative estimate of drug-likeness (QED) is 0.559. The lowest BCUT2D eigenvalue weighted by molar-refractivity contribution is 0.581. The van der Waals surface area contributed by atoms with Crippen LogP contribution in [0.2, 0.25) is 0 Å². The lowest BCUT2D eigenvalue weighted by Gasteiger charge is -2.17. The number of pyridine rings is 1. The monoisotopic (exact) mass is 352 g/mol. The molecule has 1 atom stereocenters. The van der Waals surface area contributed by atoms with E-state index >= 15 is 0 Å². The van der Waals surface area contributed by atoms with Crippen molar-refractivity contribution in [3.05, 3.63) is 30.2 Å². The molecule has 2 aromatic heterocycles. The maximum Gasteiger partial charge on any atom is 0.191 e. The molecule has 0 aromatic carbocycles. The van der Waals surface area contributed by atoms with Gasteiger partial charge in [-0.3, -0.25) is 4.40 Å². The fourth-order valence-corrected chi connectivity index (χ4v) is 2.95. The number of rotatable bonds is 7. The number of nitrogens with one attached hydrogen (secondary N) is 2. The average Bonchev–Trinajstić information content (AvgIpc) is 2.93. The molecule has 0 aliphatic carbocycles. The normalized spacial score (nSPS) is 13.9. The van der Waals surface area contributed by atoms with Crippen LogP contribution in [0.25, 0.3) is 5.65 Å². The summed E-state index contributed by atoms with van der Waals surface area (Å²) >= 11 is 0. The number of hydrogen-bond acceptors (Lipinski definition) is 5. The SMILES string of the molecule is CCNC(=NCc1nnc2ccccn12)NC(C)CCS(C)(=O)=O. The molecule has 24 heavy (non-hydrogen) atoms. The smallest absolute Gasteiger partial charge is 0.191 e. The molecule has 0 saturated heterocycles. The third kappa shape index (κ3) is 5.48. The summed E-state index contributed by atoms with van der Waals surface area (Å²) in [6.07, 6.45) is 3.67. The van der Waals surface area contributed by atoms with E-state index < -0.39 is 9.84 Å². The van der Waals surface area contributed by atoms with Crippen LogP contribution in [0.1, 0.15) is 26.1 Å². The van der Waals surface area contributed by atoms with Gasteiger partial charge in [0.1, 0.15) is 16.4 Å². The van der Waals surface area contributed by atoms with Crippen molar-refractivity contribution in [2.75, 3.05) is 18.6 Å². The van der Waals surface area contributed by atoms with Crippen LogP contribution in [0.15, 0.2) is 29.4 Å². The molecule has 0 aliphatic heterocycles. The average molecular weight is 352 g/mol. The molecule has 8 nitrogen and oxygen atoms in total. The molecule has 0 fully saturated rings. The first-order valence-corrected chi connectivity index (χ1v) is 9.96. The maximum absolute atomic E-state index is 11.3. The van der Waals surface area contributed by atoms with Crippen molar-refractivity contribution >= 4 is 21.4 Å². The topological polar surface area (TPSA) is 101 Å². The maximum atomic E-state index is 11.3. The Balaban J connectivity index is 2.02. The Morgan fingerprint density at radius 2 is 2.17 bits per heavy atom. The first-order valence-electron chi connectivity index (χ1n) is 7.90. The third-order valence-corrected chi connectivity index (χ3v) is 4.39. The number of hydrogen-bond donors (Lipinski definition) is 2. The predicted molar refractivity (Wildman–Crippen MR) is 94.7 cm³/mol. The van der Waals surface area contributed by atoms with Crippen LogP contribution >= 0.6 is 0 Å². The number of guanidine groups is 1. The molecule has 132 valence electrons. The molecular formula is C15H24N6O2S. The van der Waals surface area contributed by atoms with Gasteiger partial charge in [-0.15, -0.1) is 10.2 Å². The number of aliphatic imine (C=N–C) groups is 1. The van der Waals surface area contributed by atoms with Crippen LogP contribution in [0.4, 0.5) is 0 Å². The largest absolute Gasteiger partial charge is 0.357 e. The summed E-state index contributed by atoms with van der Waals surface area (Å²) in [4.78, 5) is 4.51. The second-order valence-corrected chi connectivity index (χ2v) is 7.96. The summed E-state index contributed by atoms with van der Waals surface area (Å²) in [6, 6.07) is 5.70. The zero-order valence-corrected chi connectivity index (χ0v) is 15.0. The second-order valence-electron chi connectivity index (χ2n) is 5.70. The zero-order chi connectivity index (χ0) is 17.6. The van der Waals surface area contributed by atoms with Gasteiger partial charge < -0.3 is 10.6 Å². The first kappa shape index (κ1) is 18.2. The van der Waals surface area contributed by atoms with E-state index in [4.69, 9.17) is 0 Å². The molecule has 9 heteroatoms. The summed E-state index contributed by atoms with van der Waals surface area (Å²) in [7, 11) is -2.96. The molecule has 0 bridgehead atoms. The van der Waals surface area contributed by atoms with Crippen molar-refractivity contribution in [3.63, 3.8) is 0 Å². The highest BCUT2D eigenvalue weighted by atomic mass is 32.2. The van der Waals surface area contributed by atoms with Gasteiger partial charge in [0.05, 0.1) is 5.75 Å². The van der Waals surface area contributed by atoms with Gasteiger partial charge in [-0.05, 0) is 32.4 Å². The zero-order valence-electron chi connectivity index (χ0n) is 14.2. The summed E-state index contributed by atoms with van der Waals surface area (Å²) in [5, 5.41) is 14.6. The molecule has 0 aliphatic rings. The summed E-state index contributed by atoms with van der Waals surface area (Å²) < 4.78 is 24.4. The van der Waals surface area contributed by atoms with E-state index in [1.54, 1.807) is 0 Å². The molecule has 2 heterocycles. The predicted octanol–water partition coefficient (Wildman–Crippen LogP) is 0.608. The Morgan fingerprint density at radius 3 is 2.88 bits per heavy atom. The highest BCUT2D eigenvalue weighted by Gasteiger charge is 2.10. The van der Waals surface area contributed by atoms with Crippen molar-refractivity contribution in [2.24, 2.45) is 4.99 Å². The van der Waals surface area contributed by atoms with Crippen molar-refractivity contribution in [1.82, 2.24) is 25.2 Å². The molecule has 0 amide bonds.